The summed E-state index contributed by atoms with van der Waals surface area (Å²) in [5.74, 6) is -0.416. The van der Waals surface area contributed by atoms with Crippen molar-refractivity contribution in [1.82, 2.24) is 4.98 Å². The molecule has 2 rings (SSSR count). The second-order valence-corrected chi connectivity index (χ2v) is 4.03. The van der Waals surface area contributed by atoms with Crippen LogP contribution in [0.3, 0.4) is 0 Å². The summed E-state index contributed by atoms with van der Waals surface area (Å²) in [6.07, 6.45) is 2.94. The minimum atomic E-state index is -0.486. The van der Waals surface area contributed by atoms with Crippen LogP contribution >= 0.6 is 11.6 Å². The van der Waals surface area contributed by atoms with Gasteiger partial charge in [-0.2, -0.15) is 0 Å². The van der Waals surface area contributed by atoms with Gasteiger partial charge >= 0.3 is 5.97 Å². The number of aromatic nitrogens is 1. The van der Waals surface area contributed by atoms with Crippen molar-refractivity contribution in [3.8, 4) is 16.9 Å². The van der Waals surface area contributed by atoms with E-state index in [0.717, 1.165) is 5.56 Å². The maximum Gasteiger partial charge on any atom is 0.339 e. The van der Waals surface area contributed by atoms with Gasteiger partial charge in [-0.25, -0.2) is 4.79 Å². The number of rotatable bonds is 2. The van der Waals surface area contributed by atoms with E-state index in [0.29, 0.717) is 16.1 Å². The molecule has 0 aliphatic heterocycles. The van der Waals surface area contributed by atoms with Gasteiger partial charge in [-0.05, 0) is 23.8 Å². The number of nitrogens with zero attached hydrogens (tertiary/aromatic N) is 1. The standard InChI is InChI=1S/C13H10ClNO3/c1-18-13(17)11-3-2-8(5-12(11)14)9-4-10(16)7-15-6-9/h2-7,16H,1H3. The number of aromatic hydroxyl groups is 1. The number of ether oxygens (including phenoxy) is 1. The largest absolute Gasteiger partial charge is 0.506 e. The van der Waals surface area contributed by atoms with Crippen molar-refractivity contribution < 1.29 is 14.6 Å². The summed E-state index contributed by atoms with van der Waals surface area (Å²) in [5.41, 5.74) is 1.78. The van der Waals surface area contributed by atoms with Gasteiger partial charge in [0.15, 0.2) is 0 Å². The van der Waals surface area contributed by atoms with E-state index in [9.17, 15) is 9.90 Å². The Morgan fingerprint density at radius 2 is 2.06 bits per heavy atom. The zero-order chi connectivity index (χ0) is 13.1. The van der Waals surface area contributed by atoms with E-state index < -0.39 is 5.97 Å². The molecule has 0 aliphatic rings. The van der Waals surface area contributed by atoms with Crippen LogP contribution < -0.4 is 0 Å². The lowest BCUT2D eigenvalue weighted by molar-refractivity contribution is 0.0601. The van der Waals surface area contributed by atoms with Crippen LogP contribution in [0.5, 0.6) is 5.75 Å². The number of halogens is 1. The van der Waals surface area contributed by atoms with E-state index in [4.69, 9.17) is 11.6 Å². The van der Waals surface area contributed by atoms with Gasteiger partial charge in [0.05, 0.1) is 23.9 Å². The van der Waals surface area contributed by atoms with Crippen molar-refractivity contribution in [3.63, 3.8) is 0 Å². The molecule has 92 valence electrons. The molecule has 0 aliphatic carbocycles. The van der Waals surface area contributed by atoms with E-state index in [1.807, 2.05) is 0 Å². The molecule has 0 saturated carbocycles. The molecule has 0 amide bonds. The smallest absolute Gasteiger partial charge is 0.339 e. The quantitative estimate of drug-likeness (QED) is 0.847. The fourth-order valence-corrected chi connectivity index (χ4v) is 1.81. The van der Waals surface area contributed by atoms with Gasteiger partial charge in [-0.1, -0.05) is 17.7 Å². The third-order valence-electron chi connectivity index (χ3n) is 2.43. The second kappa shape index (κ2) is 5.06. The maximum atomic E-state index is 11.4. The molecule has 0 spiro atoms. The maximum absolute atomic E-state index is 11.4. The lowest BCUT2D eigenvalue weighted by atomic mass is 10.1. The van der Waals surface area contributed by atoms with Gasteiger partial charge < -0.3 is 9.84 Å². The number of pyridine rings is 1. The first-order valence-electron chi connectivity index (χ1n) is 5.14. The van der Waals surface area contributed by atoms with Gasteiger partial charge in [0.1, 0.15) is 5.75 Å². The highest BCUT2D eigenvalue weighted by atomic mass is 35.5. The van der Waals surface area contributed by atoms with E-state index in [1.165, 1.54) is 13.3 Å². The number of carbonyl (C=O) groups is 1. The Balaban J connectivity index is 2.43. The molecule has 1 aromatic carbocycles. The van der Waals surface area contributed by atoms with Crippen molar-refractivity contribution >= 4 is 17.6 Å². The molecule has 1 heterocycles. The van der Waals surface area contributed by atoms with Crippen LogP contribution in [0.15, 0.2) is 36.7 Å². The molecule has 0 atom stereocenters. The minimum Gasteiger partial charge on any atom is -0.506 e. The SMILES string of the molecule is COC(=O)c1ccc(-c2cncc(O)c2)cc1Cl. The number of hydrogen-bond donors (Lipinski definition) is 1. The average molecular weight is 264 g/mol. The van der Waals surface area contributed by atoms with Crippen LogP contribution in [-0.2, 0) is 4.74 Å². The summed E-state index contributed by atoms with van der Waals surface area (Å²) in [7, 11) is 1.30. The Labute approximate surface area is 109 Å². The summed E-state index contributed by atoms with van der Waals surface area (Å²) in [6, 6.07) is 6.49. The molecule has 0 unspecified atom stereocenters. The summed E-state index contributed by atoms with van der Waals surface area (Å²) in [5, 5.41) is 9.65. The molecular weight excluding hydrogens is 254 g/mol. The molecule has 1 aromatic heterocycles. The molecule has 18 heavy (non-hydrogen) atoms. The molecule has 1 N–H and O–H groups in total. The molecule has 0 bridgehead atoms. The minimum absolute atomic E-state index is 0.0701. The molecular formula is C13H10ClNO3. The Bertz CT molecular complexity index is 599. The van der Waals surface area contributed by atoms with Crippen molar-refractivity contribution in [2.24, 2.45) is 0 Å². The zero-order valence-electron chi connectivity index (χ0n) is 9.55. The molecule has 0 saturated heterocycles. The van der Waals surface area contributed by atoms with Gasteiger partial charge in [0.2, 0.25) is 0 Å². The van der Waals surface area contributed by atoms with Crippen LogP contribution in [0.25, 0.3) is 11.1 Å². The Kier molecular flexibility index (Phi) is 3.48. The number of carbonyl (C=O) groups excluding carboxylic acids is 1. The summed E-state index contributed by atoms with van der Waals surface area (Å²) in [4.78, 5) is 15.3. The van der Waals surface area contributed by atoms with Crippen LogP contribution in [0.2, 0.25) is 5.02 Å². The van der Waals surface area contributed by atoms with Crippen molar-refractivity contribution in [3.05, 3.63) is 47.2 Å². The lowest BCUT2D eigenvalue weighted by Crippen LogP contribution is -2.01. The monoisotopic (exact) mass is 263 g/mol. The second-order valence-electron chi connectivity index (χ2n) is 3.62. The zero-order valence-corrected chi connectivity index (χ0v) is 10.3. The summed E-state index contributed by atoms with van der Waals surface area (Å²) < 4.78 is 4.61. The third-order valence-corrected chi connectivity index (χ3v) is 2.74. The number of methoxy groups -OCH3 is 1. The molecule has 4 nitrogen and oxygen atoms in total. The van der Waals surface area contributed by atoms with Gasteiger partial charge in [-0.3, -0.25) is 4.98 Å². The highest BCUT2D eigenvalue weighted by molar-refractivity contribution is 6.33. The van der Waals surface area contributed by atoms with E-state index in [-0.39, 0.29) is 5.75 Å². The van der Waals surface area contributed by atoms with Gasteiger partial charge in [0, 0.05) is 11.8 Å². The number of hydrogen-bond acceptors (Lipinski definition) is 4. The molecule has 2 aromatic rings. The predicted molar refractivity (Wildman–Crippen MR) is 67.7 cm³/mol. The Morgan fingerprint density at radius 1 is 1.28 bits per heavy atom. The third kappa shape index (κ3) is 2.43. The van der Waals surface area contributed by atoms with Crippen LogP contribution in [0.1, 0.15) is 10.4 Å². The van der Waals surface area contributed by atoms with Crippen molar-refractivity contribution in [1.29, 1.82) is 0 Å². The number of esters is 1. The van der Waals surface area contributed by atoms with E-state index in [2.05, 4.69) is 9.72 Å². The molecule has 5 heteroatoms. The predicted octanol–water partition coefficient (Wildman–Crippen LogP) is 2.89. The Morgan fingerprint density at radius 3 is 2.67 bits per heavy atom. The van der Waals surface area contributed by atoms with E-state index in [1.54, 1.807) is 30.5 Å². The first-order valence-corrected chi connectivity index (χ1v) is 5.52. The molecule has 0 fully saturated rings. The topological polar surface area (TPSA) is 59.4 Å². The highest BCUT2D eigenvalue weighted by Gasteiger charge is 2.11. The van der Waals surface area contributed by atoms with E-state index >= 15 is 0 Å². The van der Waals surface area contributed by atoms with Crippen LogP contribution in [-0.4, -0.2) is 23.2 Å². The van der Waals surface area contributed by atoms with Crippen molar-refractivity contribution in [2.45, 2.75) is 0 Å². The first kappa shape index (κ1) is 12.4. The first-order chi connectivity index (χ1) is 8.61. The van der Waals surface area contributed by atoms with Crippen molar-refractivity contribution in [2.75, 3.05) is 7.11 Å². The van der Waals surface area contributed by atoms with Gasteiger partial charge in [0.25, 0.3) is 0 Å². The fourth-order valence-electron chi connectivity index (χ4n) is 1.56. The van der Waals surface area contributed by atoms with Gasteiger partial charge in [-0.15, -0.1) is 0 Å². The average Bonchev–Trinajstić information content (AvgIpc) is 2.37. The normalized spacial score (nSPS) is 10.1. The lowest BCUT2D eigenvalue weighted by Gasteiger charge is -2.06. The molecule has 0 radical (unpaired) electrons. The van der Waals surface area contributed by atoms with Crippen LogP contribution in [0.4, 0.5) is 0 Å². The fraction of sp³-hybridized carbons (Fsp3) is 0.0769. The summed E-state index contributed by atoms with van der Waals surface area (Å²) in [6.45, 7) is 0. The summed E-state index contributed by atoms with van der Waals surface area (Å²) >= 11 is 6.01. The van der Waals surface area contributed by atoms with Crippen LogP contribution in [0, 0.1) is 0 Å². The Hall–Kier alpha value is -2.07. The number of benzene rings is 1. The highest BCUT2D eigenvalue weighted by Crippen LogP contribution is 2.27.